The van der Waals surface area contributed by atoms with E-state index in [-0.39, 0.29) is 16.6 Å². The maximum Gasteiger partial charge on any atom is 0.296 e. The van der Waals surface area contributed by atoms with Crippen molar-refractivity contribution in [3.8, 4) is 0 Å². The molecule has 1 fully saturated rings. The Balaban J connectivity index is 2.03. The Kier molecular flexibility index (Phi) is 5.44. The second-order valence-corrected chi connectivity index (χ2v) is 9.01. The van der Waals surface area contributed by atoms with Crippen LogP contribution in [0.5, 0.6) is 0 Å². The number of halogens is 1. The number of imidazole rings is 1. The second-order valence-electron chi connectivity index (χ2n) is 8.57. The van der Waals surface area contributed by atoms with E-state index in [1.54, 1.807) is 0 Å². The van der Waals surface area contributed by atoms with E-state index in [0.29, 0.717) is 5.02 Å². The van der Waals surface area contributed by atoms with Crippen molar-refractivity contribution in [1.29, 1.82) is 0 Å². The van der Waals surface area contributed by atoms with Gasteiger partial charge < -0.3 is 57.4 Å². The fraction of sp³-hybridized carbons (Fsp3) is 0.350. The molecule has 2 heterocycles. The monoisotopic (exact) mass is 513 g/mol. The van der Waals surface area contributed by atoms with Crippen LogP contribution >= 0.6 is 11.6 Å². The van der Waals surface area contributed by atoms with Crippen LogP contribution in [0.25, 0.3) is 11.0 Å². The number of para-hydroxylation sites is 2. The summed E-state index contributed by atoms with van der Waals surface area (Å²) in [4.78, 5) is 3.24. The maximum atomic E-state index is 11.5. The van der Waals surface area contributed by atoms with E-state index in [1.165, 1.54) is 55.5 Å². The van der Waals surface area contributed by atoms with Gasteiger partial charge in [-0.25, -0.2) is 4.98 Å². The third kappa shape index (κ3) is 3.19. The molecule has 190 valence electrons. The number of rotatable bonds is 4. The van der Waals surface area contributed by atoms with Crippen molar-refractivity contribution in [2.24, 2.45) is 11.5 Å². The van der Waals surface area contributed by atoms with Crippen LogP contribution in [0.2, 0.25) is 5.02 Å². The van der Waals surface area contributed by atoms with Gasteiger partial charge in [-0.15, -0.1) is 4.90 Å². The number of aromatic nitrogens is 2. The highest BCUT2D eigenvalue weighted by atomic mass is 35.5. The standard InChI is InChI=1S/C20H24ClN5O9/c1-15(27,10-6-8-11(21)9-7-10)25-13-5-3-2-4-12(13)24-14(25)16(28,29)26-19(32,33)17(22,23)18(30,31)20(26,34)35/h2-9,27-35H,22-23H2,1H3. The molecule has 0 bridgehead atoms. The van der Waals surface area contributed by atoms with Crippen molar-refractivity contribution in [3.05, 3.63) is 64.9 Å². The molecule has 15 heteroatoms. The number of aliphatic hydroxyl groups is 9. The van der Waals surface area contributed by atoms with Gasteiger partial charge in [0.15, 0.2) is 17.2 Å². The minimum Gasteiger partial charge on any atom is -0.367 e. The van der Waals surface area contributed by atoms with E-state index in [9.17, 15) is 46.0 Å². The Bertz CT molecular complexity index is 1260. The summed E-state index contributed by atoms with van der Waals surface area (Å²) in [6.07, 6.45) is 0. The SMILES string of the molecule is CC(O)(c1ccc(Cl)cc1)n1c(C(O)(O)N2C(O)(O)C(N)(N)C(O)(O)C2(O)O)nc2ccccc21. The highest BCUT2D eigenvalue weighted by molar-refractivity contribution is 6.30. The molecule has 0 amide bonds. The summed E-state index contributed by atoms with van der Waals surface area (Å²) in [5.74, 6) is -17.5. The molecule has 1 aromatic heterocycles. The van der Waals surface area contributed by atoms with Gasteiger partial charge in [-0.1, -0.05) is 35.9 Å². The van der Waals surface area contributed by atoms with Gasteiger partial charge >= 0.3 is 0 Å². The zero-order valence-corrected chi connectivity index (χ0v) is 18.8. The molecule has 4 rings (SSSR count). The average Bonchev–Trinajstić information content (AvgIpc) is 3.17. The number of hydrogen-bond acceptors (Lipinski definition) is 13. The van der Waals surface area contributed by atoms with Crippen molar-refractivity contribution >= 4 is 22.6 Å². The zero-order valence-electron chi connectivity index (χ0n) is 18.0. The van der Waals surface area contributed by atoms with Crippen molar-refractivity contribution in [2.75, 3.05) is 0 Å². The van der Waals surface area contributed by atoms with Gasteiger partial charge in [-0.2, -0.15) is 0 Å². The molecule has 0 radical (unpaired) electrons. The predicted octanol–water partition coefficient (Wildman–Crippen LogP) is -3.62. The van der Waals surface area contributed by atoms with Crippen molar-refractivity contribution in [3.63, 3.8) is 0 Å². The topological polar surface area (TPSA) is 255 Å². The Hall–Kier alpha value is -2.28. The molecule has 13 N–H and O–H groups in total. The van der Waals surface area contributed by atoms with Crippen LogP contribution in [-0.4, -0.2) is 83.7 Å². The molecule has 35 heavy (non-hydrogen) atoms. The number of benzene rings is 2. The van der Waals surface area contributed by atoms with E-state index >= 15 is 0 Å². The molecule has 1 aliphatic heterocycles. The third-order valence-corrected chi connectivity index (χ3v) is 6.47. The molecule has 0 aliphatic carbocycles. The number of nitrogens with zero attached hydrogens (tertiary/aromatic N) is 3. The van der Waals surface area contributed by atoms with E-state index < -0.39 is 45.6 Å². The van der Waals surface area contributed by atoms with Crippen LogP contribution in [0.3, 0.4) is 0 Å². The molecule has 1 saturated heterocycles. The van der Waals surface area contributed by atoms with E-state index in [4.69, 9.17) is 23.1 Å². The first-order valence-electron chi connectivity index (χ1n) is 9.97. The van der Waals surface area contributed by atoms with Crippen LogP contribution in [0.15, 0.2) is 48.5 Å². The molecule has 0 saturated carbocycles. The molecule has 1 unspecified atom stereocenters. The third-order valence-electron chi connectivity index (χ3n) is 6.22. The Morgan fingerprint density at radius 1 is 0.857 bits per heavy atom. The Morgan fingerprint density at radius 2 is 1.40 bits per heavy atom. The smallest absolute Gasteiger partial charge is 0.296 e. The van der Waals surface area contributed by atoms with Gasteiger partial charge in [0.1, 0.15) is 0 Å². The lowest BCUT2D eigenvalue weighted by molar-refractivity contribution is -0.482. The van der Waals surface area contributed by atoms with Crippen LogP contribution in [-0.2, 0) is 11.6 Å². The minimum atomic E-state index is -4.29. The summed E-state index contributed by atoms with van der Waals surface area (Å²) >= 11 is 5.92. The average molecular weight is 514 g/mol. The lowest BCUT2D eigenvalue weighted by Gasteiger charge is -2.43. The fourth-order valence-corrected chi connectivity index (χ4v) is 4.32. The number of likely N-dealkylation sites (tertiary alicyclic amines) is 1. The zero-order chi connectivity index (χ0) is 26.4. The molecule has 0 spiro atoms. The summed E-state index contributed by atoms with van der Waals surface area (Å²) in [7, 11) is 0. The lowest BCUT2D eigenvalue weighted by Crippen LogP contribution is -2.77. The Morgan fingerprint density at radius 3 is 1.91 bits per heavy atom. The maximum absolute atomic E-state index is 11.5. The van der Waals surface area contributed by atoms with E-state index in [0.717, 1.165) is 4.57 Å². The second kappa shape index (κ2) is 7.37. The van der Waals surface area contributed by atoms with Crippen molar-refractivity contribution in [1.82, 2.24) is 14.5 Å². The van der Waals surface area contributed by atoms with Crippen LogP contribution in [0.1, 0.15) is 18.3 Å². The lowest BCUT2D eigenvalue weighted by atomic mass is 10.00. The van der Waals surface area contributed by atoms with E-state index in [1.807, 2.05) is 0 Å². The van der Waals surface area contributed by atoms with Gasteiger partial charge in [0, 0.05) is 10.6 Å². The van der Waals surface area contributed by atoms with E-state index in [2.05, 4.69) is 4.98 Å². The van der Waals surface area contributed by atoms with Gasteiger partial charge in [-0.05, 0) is 31.2 Å². The number of fused-ring (bicyclic) bond motifs is 1. The normalized spacial score (nSPS) is 22.9. The predicted molar refractivity (Wildman–Crippen MR) is 117 cm³/mol. The highest BCUT2D eigenvalue weighted by Crippen LogP contribution is 2.50. The Labute approximate surface area is 201 Å². The molecule has 2 aromatic carbocycles. The van der Waals surface area contributed by atoms with Crippen molar-refractivity contribution in [2.45, 2.75) is 41.8 Å². The molecule has 1 aliphatic rings. The van der Waals surface area contributed by atoms with Gasteiger partial charge in [0.25, 0.3) is 23.5 Å². The minimum absolute atomic E-state index is 0.0393. The molecule has 14 nitrogen and oxygen atoms in total. The largest absolute Gasteiger partial charge is 0.367 e. The summed E-state index contributed by atoms with van der Waals surface area (Å²) in [5.41, 5.74) is 5.28. The molecular formula is C20H24ClN5O9. The highest BCUT2D eigenvalue weighted by Gasteiger charge is 2.84. The first kappa shape index (κ1) is 25.8. The summed E-state index contributed by atoms with van der Waals surface area (Å²) < 4.78 is 0.835. The molecule has 3 aromatic rings. The van der Waals surface area contributed by atoms with Gasteiger partial charge in [0.05, 0.1) is 11.0 Å². The molecule has 1 atom stereocenters. The van der Waals surface area contributed by atoms with Crippen LogP contribution < -0.4 is 11.5 Å². The summed E-state index contributed by atoms with van der Waals surface area (Å²) in [6, 6.07) is 11.6. The number of hydrogen-bond donors (Lipinski definition) is 11. The fourth-order valence-electron chi connectivity index (χ4n) is 4.19. The summed E-state index contributed by atoms with van der Waals surface area (Å²) in [6.45, 7) is 1.22. The number of nitrogens with two attached hydrogens (primary N) is 2. The van der Waals surface area contributed by atoms with Crippen LogP contribution in [0.4, 0.5) is 0 Å². The van der Waals surface area contributed by atoms with Gasteiger partial charge in [-0.3, -0.25) is 4.57 Å². The van der Waals surface area contributed by atoms with Crippen molar-refractivity contribution < 1.29 is 46.0 Å². The summed E-state index contributed by atoms with van der Waals surface area (Å²) in [5, 5.41) is 96.4. The first-order valence-corrected chi connectivity index (χ1v) is 10.3. The van der Waals surface area contributed by atoms with Crippen LogP contribution in [0, 0.1) is 0 Å². The van der Waals surface area contributed by atoms with Gasteiger partial charge in [0.2, 0.25) is 0 Å². The quantitative estimate of drug-likeness (QED) is 0.151. The molecular weight excluding hydrogens is 490 g/mol. The first-order chi connectivity index (χ1) is 15.8.